The van der Waals surface area contributed by atoms with E-state index in [2.05, 4.69) is 50.2 Å². The Kier molecular flexibility index (Phi) is 5.18. The van der Waals surface area contributed by atoms with E-state index in [-0.39, 0.29) is 30.1 Å². The molecule has 2 atom stereocenters. The van der Waals surface area contributed by atoms with Crippen LogP contribution in [0.15, 0.2) is 45.3 Å². The minimum atomic E-state index is -0.559. The predicted octanol–water partition coefficient (Wildman–Crippen LogP) is 4.89. The van der Waals surface area contributed by atoms with Crippen molar-refractivity contribution < 1.29 is 14.0 Å². The van der Waals surface area contributed by atoms with Crippen LogP contribution in [-0.2, 0) is 4.79 Å². The molecule has 2 unspecified atom stereocenters. The number of anilines is 1. The first-order valence-corrected chi connectivity index (χ1v) is 10.5. The fourth-order valence-electron chi connectivity index (χ4n) is 3.95. The molecule has 2 heterocycles. The number of urea groups is 1. The molecular formula is C20H18Br2FN3O2. The van der Waals surface area contributed by atoms with E-state index in [0.29, 0.717) is 22.0 Å². The average Bonchev–Trinajstić information content (AvgIpc) is 2.65. The molecule has 2 aromatic rings. The van der Waals surface area contributed by atoms with Gasteiger partial charge in [-0.15, -0.1) is 0 Å². The average molecular weight is 511 g/mol. The fourth-order valence-corrected chi connectivity index (χ4v) is 5.23. The Morgan fingerprint density at radius 2 is 1.89 bits per heavy atom. The van der Waals surface area contributed by atoms with Crippen molar-refractivity contribution in [2.45, 2.75) is 18.9 Å². The van der Waals surface area contributed by atoms with E-state index in [1.807, 2.05) is 23.1 Å². The molecule has 0 bridgehead atoms. The Morgan fingerprint density at radius 1 is 1.18 bits per heavy atom. The van der Waals surface area contributed by atoms with Gasteiger partial charge in [-0.1, -0.05) is 47.1 Å². The maximum absolute atomic E-state index is 14.3. The van der Waals surface area contributed by atoms with Gasteiger partial charge in [0.1, 0.15) is 12.4 Å². The van der Waals surface area contributed by atoms with Gasteiger partial charge in [-0.05, 0) is 45.1 Å². The molecule has 2 aliphatic heterocycles. The normalized spacial score (nSPS) is 21.2. The van der Waals surface area contributed by atoms with Crippen LogP contribution in [0.2, 0.25) is 0 Å². The maximum atomic E-state index is 14.3. The molecule has 8 heteroatoms. The smallest absolute Gasteiger partial charge is 0.322 e. The minimum absolute atomic E-state index is 0.0208. The summed E-state index contributed by atoms with van der Waals surface area (Å²) >= 11 is 6.48. The van der Waals surface area contributed by atoms with E-state index in [4.69, 9.17) is 0 Å². The zero-order valence-electron chi connectivity index (χ0n) is 15.1. The van der Waals surface area contributed by atoms with Gasteiger partial charge >= 0.3 is 6.03 Å². The SMILES string of the molecule is CC1CN2C(=O)CN(C(=O)Nc3c(F)cc(Br)cc3Br)CC2c2ccccc21. The van der Waals surface area contributed by atoms with Crippen molar-refractivity contribution in [3.63, 3.8) is 0 Å². The molecule has 0 spiro atoms. The predicted molar refractivity (Wildman–Crippen MR) is 112 cm³/mol. The van der Waals surface area contributed by atoms with Crippen LogP contribution in [0.25, 0.3) is 0 Å². The van der Waals surface area contributed by atoms with E-state index in [1.165, 1.54) is 16.5 Å². The second-order valence-corrected chi connectivity index (χ2v) is 8.92. The molecule has 4 rings (SSSR count). The molecule has 2 aliphatic rings. The van der Waals surface area contributed by atoms with Crippen LogP contribution in [0.3, 0.4) is 0 Å². The first-order valence-electron chi connectivity index (χ1n) is 8.94. The van der Waals surface area contributed by atoms with E-state index >= 15 is 0 Å². The minimum Gasteiger partial charge on any atom is -0.332 e. The van der Waals surface area contributed by atoms with Gasteiger partial charge in [-0.2, -0.15) is 0 Å². The lowest BCUT2D eigenvalue weighted by molar-refractivity contribution is -0.139. The van der Waals surface area contributed by atoms with Gasteiger partial charge in [0, 0.05) is 22.0 Å². The Balaban J connectivity index is 1.59. The van der Waals surface area contributed by atoms with E-state index < -0.39 is 11.8 Å². The molecule has 0 saturated carbocycles. The van der Waals surface area contributed by atoms with E-state index in [1.54, 1.807) is 6.07 Å². The lowest BCUT2D eigenvalue weighted by Gasteiger charge is -2.46. The number of fused-ring (bicyclic) bond motifs is 3. The molecule has 146 valence electrons. The quantitative estimate of drug-likeness (QED) is 0.594. The Labute approximate surface area is 179 Å². The molecule has 0 radical (unpaired) electrons. The third kappa shape index (κ3) is 3.43. The molecule has 1 fully saturated rings. The largest absolute Gasteiger partial charge is 0.332 e. The number of carbonyl (C=O) groups is 2. The number of piperazine rings is 1. The number of hydrogen-bond acceptors (Lipinski definition) is 2. The summed E-state index contributed by atoms with van der Waals surface area (Å²) in [5.41, 5.74) is 2.34. The van der Waals surface area contributed by atoms with Gasteiger partial charge in [-0.25, -0.2) is 9.18 Å². The Morgan fingerprint density at radius 3 is 2.61 bits per heavy atom. The Bertz CT molecular complexity index is 945. The van der Waals surface area contributed by atoms with Crippen molar-refractivity contribution in [2.75, 3.05) is 25.0 Å². The maximum Gasteiger partial charge on any atom is 0.322 e. The van der Waals surface area contributed by atoms with Gasteiger partial charge in [0.15, 0.2) is 0 Å². The second kappa shape index (κ2) is 7.48. The molecule has 1 N–H and O–H groups in total. The third-order valence-corrected chi connectivity index (χ3v) is 6.38. The molecule has 5 nitrogen and oxygen atoms in total. The first kappa shape index (κ1) is 19.4. The van der Waals surface area contributed by atoms with E-state index in [9.17, 15) is 14.0 Å². The topological polar surface area (TPSA) is 52.7 Å². The highest BCUT2D eigenvalue weighted by Crippen LogP contribution is 2.38. The molecule has 2 aromatic carbocycles. The summed E-state index contributed by atoms with van der Waals surface area (Å²) in [5, 5.41) is 2.60. The highest BCUT2D eigenvalue weighted by Gasteiger charge is 2.40. The summed E-state index contributed by atoms with van der Waals surface area (Å²) in [5.74, 6) is -0.399. The molecule has 0 aliphatic carbocycles. The number of nitrogens with zero attached hydrogens (tertiary/aromatic N) is 2. The van der Waals surface area contributed by atoms with Crippen molar-refractivity contribution in [1.29, 1.82) is 0 Å². The molecular weight excluding hydrogens is 493 g/mol. The number of nitrogens with one attached hydrogen (secondary N) is 1. The molecule has 1 saturated heterocycles. The highest BCUT2D eigenvalue weighted by atomic mass is 79.9. The van der Waals surface area contributed by atoms with Crippen molar-refractivity contribution in [3.05, 3.63) is 62.3 Å². The first-order chi connectivity index (χ1) is 13.3. The number of carbonyl (C=O) groups excluding carboxylic acids is 2. The monoisotopic (exact) mass is 509 g/mol. The Hall–Kier alpha value is -1.93. The van der Waals surface area contributed by atoms with Crippen molar-refractivity contribution in [1.82, 2.24) is 9.80 Å². The number of benzene rings is 2. The van der Waals surface area contributed by atoms with Crippen LogP contribution in [0, 0.1) is 5.82 Å². The zero-order chi connectivity index (χ0) is 20.0. The summed E-state index contributed by atoms with van der Waals surface area (Å²) in [6, 6.07) is 10.3. The lowest BCUT2D eigenvalue weighted by atomic mass is 9.85. The van der Waals surface area contributed by atoms with Crippen LogP contribution >= 0.6 is 31.9 Å². The van der Waals surface area contributed by atoms with Gasteiger partial charge in [0.2, 0.25) is 5.91 Å². The lowest BCUT2D eigenvalue weighted by Crippen LogP contribution is -2.56. The summed E-state index contributed by atoms with van der Waals surface area (Å²) in [7, 11) is 0. The highest BCUT2D eigenvalue weighted by molar-refractivity contribution is 9.11. The zero-order valence-corrected chi connectivity index (χ0v) is 18.3. The van der Waals surface area contributed by atoms with Crippen LogP contribution in [0.5, 0.6) is 0 Å². The van der Waals surface area contributed by atoms with Gasteiger partial charge in [0.25, 0.3) is 0 Å². The van der Waals surface area contributed by atoms with Crippen LogP contribution in [0.1, 0.15) is 30.0 Å². The second-order valence-electron chi connectivity index (χ2n) is 7.15. The standard InChI is InChI=1S/C20H18Br2FN3O2/c1-11-8-26-17(14-5-3-2-4-13(11)14)9-25(10-18(26)27)20(28)24-19-15(22)6-12(21)7-16(19)23/h2-7,11,17H,8-10H2,1H3,(H,24,28). The van der Waals surface area contributed by atoms with Crippen LogP contribution in [-0.4, -0.2) is 41.4 Å². The number of halogens is 3. The summed E-state index contributed by atoms with van der Waals surface area (Å²) in [6.45, 7) is 3.10. The summed E-state index contributed by atoms with van der Waals surface area (Å²) in [4.78, 5) is 28.8. The van der Waals surface area contributed by atoms with Crippen molar-refractivity contribution >= 4 is 49.5 Å². The number of amides is 3. The van der Waals surface area contributed by atoms with Crippen LogP contribution < -0.4 is 5.32 Å². The number of hydrogen-bond donors (Lipinski definition) is 1. The van der Waals surface area contributed by atoms with Gasteiger partial charge in [-0.3, -0.25) is 4.79 Å². The molecule has 28 heavy (non-hydrogen) atoms. The molecule has 0 aromatic heterocycles. The van der Waals surface area contributed by atoms with Gasteiger partial charge in [0.05, 0.1) is 11.7 Å². The third-order valence-electron chi connectivity index (χ3n) is 5.30. The fraction of sp³-hybridized carbons (Fsp3) is 0.300. The summed E-state index contributed by atoms with van der Waals surface area (Å²) < 4.78 is 15.2. The molecule has 3 amide bonds. The van der Waals surface area contributed by atoms with Gasteiger partial charge < -0.3 is 15.1 Å². The number of rotatable bonds is 1. The van der Waals surface area contributed by atoms with Crippen LogP contribution in [0.4, 0.5) is 14.9 Å². The van der Waals surface area contributed by atoms with E-state index in [0.717, 1.165) is 5.56 Å². The summed E-state index contributed by atoms with van der Waals surface area (Å²) in [6.07, 6.45) is 0. The van der Waals surface area contributed by atoms with Crippen molar-refractivity contribution in [2.24, 2.45) is 0 Å². The van der Waals surface area contributed by atoms with Crippen molar-refractivity contribution in [3.8, 4) is 0 Å².